The minimum Gasteiger partial charge on any atom is -2.00 e. The normalized spacial score (nSPS) is 11.6. The molecule has 0 unspecified atom stereocenters. The van der Waals surface area contributed by atoms with Gasteiger partial charge in [0.15, 0.2) is 0 Å². The van der Waals surface area contributed by atoms with Crippen LogP contribution in [0, 0.1) is 62.2 Å². The third-order valence-corrected chi connectivity index (χ3v) is 16.9. The molecule has 2 heterocycles. The molecular weight excluding hydrogens is 1780 g/mol. The zero-order valence-corrected chi connectivity index (χ0v) is 84.4. The largest absolute Gasteiger partial charge is 2.00 e. The van der Waals surface area contributed by atoms with Crippen LogP contribution < -0.4 is 123 Å². The van der Waals surface area contributed by atoms with Crippen molar-refractivity contribution in [1.82, 2.24) is 29.6 Å². The molecule has 0 bridgehead atoms. The molecule has 0 fully saturated rings. The van der Waals surface area contributed by atoms with E-state index in [0.29, 0.717) is 26.2 Å². The summed E-state index contributed by atoms with van der Waals surface area (Å²) in [6.07, 6.45) is 12.5. The van der Waals surface area contributed by atoms with E-state index < -0.39 is 0 Å². The van der Waals surface area contributed by atoms with Gasteiger partial charge in [-0.25, -0.2) is 0 Å². The second-order valence-corrected chi connectivity index (χ2v) is 34.8. The van der Waals surface area contributed by atoms with E-state index >= 15 is 0 Å². The van der Waals surface area contributed by atoms with Gasteiger partial charge >= 0.3 is 103 Å². The summed E-state index contributed by atoms with van der Waals surface area (Å²) in [5.74, 6) is 0.650. The van der Waals surface area contributed by atoms with Crippen molar-refractivity contribution in [2.75, 3.05) is 54.4 Å². The van der Waals surface area contributed by atoms with Crippen LogP contribution >= 0.6 is 0 Å². The first-order valence-corrected chi connectivity index (χ1v) is 34.8. The number of pyridine rings is 2. The number of hydrogen-bond acceptors (Lipinski definition) is 10. The Morgan fingerprint density at radius 1 is 0.284 bits per heavy atom. The van der Waals surface area contributed by atoms with E-state index in [1.807, 2.05) is 36.4 Å². The van der Waals surface area contributed by atoms with Crippen molar-refractivity contribution < 1.29 is 207 Å². The van der Waals surface area contributed by atoms with Crippen molar-refractivity contribution in [3.8, 4) is 23.0 Å². The molecule has 18 heteroatoms. The summed E-state index contributed by atoms with van der Waals surface area (Å²) in [5, 5.41) is 53.6. The van der Waals surface area contributed by atoms with Gasteiger partial charge in [-0.2, -0.15) is 0 Å². The van der Waals surface area contributed by atoms with E-state index in [9.17, 15) is 20.4 Å². The van der Waals surface area contributed by atoms with Crippen LogP contribution in [0.2, 0.25) is 0 Å². The number of benzene rings is 4. The topological polar surface area (TPSA) is 245 Å². The maximum atomic E-state index is 13.4. The number of nitrogens with zero attached hydrogens (tertiary/aromatic N) is 6. The van der Waals surface area contributed by atoms with Gasteiger partial charge in [-0.05, 0) is 163 Å². The minimum atomic E-state index is -0.199. The molecule has 0 aliphatic carbocycles. The molecule has 0 aliphatic heterocycles. The van der Waals surface area contributed by atoms with Crippen molar-refractivity contribution in [3.63, 3.8) is 0 Å². The van der Waals surface area contributed by atoms with Crippen molar-refractivity contribution in [2.45, 2.75) is 275 Å². The summed E-state index contributed by atoms with van der Waals surface area (Å²) in [7, 11) is 8.30. The molecule has 0 amide bonds. The molecule has 6 aromatic rings. The number of hydrogen-bond donors (Lipinski definition) is 0. The van der Waals surface area contributed by atoms with E-state index in [4.69, 9.17) is 0 Å². The average molecular weight is 1910 g/mol. The average Bonchev–Trinajstić information content (AvgIpc) is 0.811. The van der Waals surface area contributed by atoms with Crippen LogP contribution in [0.5, 0.6) is 23.0 Å². The standard InChI is InChI=1S/2C34H56N2O2.C6H14.2C5H5N.2K.4O.2U/c2*1-31(2,3)25-17-23(29(37)27(19-25)33(7,8)9)21-35(13)15-16-36(14)22-24-18-26(32(4,5)6)20-28(30(24)38)34(10,11)12;1-3-5-6-4-2;2*1-2-4-6-5-3-1;;;;;;;;/h2*17-20,37-38H,15-16,21-22H2,1-14H3;3-6H2,1-2H3;2*1-5H;;;;;;;;/q;;;;;2*+1;4*-2;;/p-4. The number of rotatable bonds is 17. The van der Waals surface area contributed by atoms with Gasteiger partial charge in [0.2, 0.25) is 0 Å². The molecule has 14 nitrogen and oxygen atoms in total. The Kier molecular flexibility index (Phi) is 57.5. The Labute approximate surface area is 755 Å². The molecule has 0 radical (unpaired) electrons. The predicted molar refractivity (Wildman–Crippen MR) is 400 cm³/mol. The summed E-state index contributed by atoms with van der Waals surface area (Å²) in [4.78, 5) is 16.4. The third-order valence-electron chi connectivity index (χ3n) is 16.9. The van der Waals surface area contributed by atoms with E-state index in [2.05, 4.69) is 286 Å². The maximum absolute atomic E-state index is 13.4. The first-order valence-electron chi connectivity index (χ1n) is 34.8. The number of aromatic nitrogens is 2. The van der Waals surface area contributed by atoms with E-state index in [-0.39, 0.29) is 253 Å². The number of unbranched alkanes of at least 4 members (excludes halogenated alkanes) is 3. The molecule has 0 saturated carbocycles. The van der Waals surface area contributed by atoms with Crippen LogP contribution in [0.15, 0.2) is 110 Å². The van der Waals surface area contributed by atoms with Gasteiger partial charge < -0.3 is 61.9 Å². The van der Waals surface area contributed by atoms with Gasteiger partial charge in [-0.1, -0.05) is 266 Å². The molecule has 4 aromatic carbocycles. The van der Waals surface area contributed by atoms with E-state index in [0.717, 1.165) is 70.7 Å². The van der Waals surface area contributed by atoms with Crippen LogP contribution in [0.3, 0.4) is 0 Å². The molecule has 0 N–H and O–H groups in total. The Morgan fingerprint density at radius 3 is 0.559 bits per heavy atom. The zero-order valence-electron chi connectivity index (χ0n) is 69.8. The fourth-order valence-corrected chi connectivity index (χ4v) is 10.5. The summed E-state index contributed by atoms with van der Waals surface area (Å²) in [5.41, 5.74) is 11.0. The van der Waals surface area contributed by atoms with Crippen LogP contribution in [-0.4, -0.2) is 83.9 Å². The second kappa shape index (κ2) is 51.1. The molecular formula is C84H132K2N6O8U2-10. The van der Waals surface area contributed by atoms with Gasteiger partial charge in [0.25, 0.3) is 0 Å². The van der Waals surface area contributed by atoms with Crippen LogP contribution in [-0.2, 0) is 91.4 Å². The van der Waals surface area contributed by atoms with Crippen LogP contribution in [0.25, 0.3) is 0 Å². The minimum absolute atomic E-state index is 0. The molecule has 566 valence electrons. The van der Waals surface area contributed by atoms with Crippen molar-refractivity contribution >= 4 is 0 Å². The molecule has 0 spiro atoms. The van der Waals surface area contributed by atoms with Gasteiger partial charge in [-0.3, -0.25) is 9.97 Å². The Morgan fingerprint density at radius 2 is 0.451 bits per heavy atom. The smallest absolute Gasteiger partial charge is 1.00 e. The fraction of sp³-hybridized carbons (Fsp3) is 0.595. The number of likely N-dealkylation sites (N-methyl/N-ethyl adjacent to an activating group) is 4. The maximum Gasteiger partial charge on any atom is 1.00 e. The van der Waals surface area contributed by atoms with Gasteiger partial charge in [0.05, 0.1) is 0 Å². The first-order chi connectivity index (χ1) is 42.9. The zero-order chi connectivity index (χ0) is 72.2. The van der Waals surface area contributed by atoms with Crippen molar-refractivity contribution in [2.24, 2.45) is 0 Å². The monoisotopic (exact) mass is 1910 g/mol. The van der Waals surface area contributed by atoms with Crippen molar-refractivity contribution in [3.05, 3.63) is 176 Å². The van der Waals surface area contributed by atoms with Gasteiger partial charge in [0.1, 0.15) is 0 Å². The van der Waals surface area contributed by atoms with Crippen LogP contribution in [0.4, 0.5) is 0 Å². The van der Waals surface area contributed by atoms with E-state index in [1.54, 1.807) is 24.8 Å². The summed E-state index contributed by atoms with van der Waals surface area (Å²) < 4.78 is 0. The van der Waals surface area contributed by atoms with Gasteiger partial charge in [-0.15, -0.1) is 23.0 Å². The molecule has 0 saturated heterocycles. The van der Waals surface area contributed by atoms with Crippen LogP contribution in [0.1, 0.15) is 272 Å². The Bertz CT molecular complexity index is 2770. The molecule has 0 aliphatic rings. The molecule has 102 heavy (non-hydrogen) atoms. The first kappa shape index (κ1) is 115. The molecule has 2 aromatic heterocycles. The van der Waals surface area contributed by atoms with E-state index in [1.165, 1.54) is 47.9 Å². The Balaban J connectivity index is -0.000000265. The predicted octanol–water partition coefficient (Wildman–Crippen LogP) is 11.5. The van der Waals surface area contributed by atoms with Crippen molar-refractivity contribution in [1.29, 1.82) is 0 Å². The fourth-order valence-electron chi connectivity index (χ4n) is 10.5. The summed E-state index contributed by atoms with van der Waals surface area (Å²) >= 11 is 0. The third kappa shape index (κ3) is 41.5. The quantitative estimate of drug-likeness (QED) is 0.0617. The summed E-state index contributed by atoms with van der Waals surface area (Å²) in [6, 6.07) is 28.3. The second-order valence-electron chi connectivity index (χ2n) is 34.8. The summed E-state index contributed by atoms with van der Waals surface area (Å²) in [6.45, 7) is 61.9. The molecule has 6 rings (SSSR count). The SMILES string of the molecule is CCCCCC.CN(CCN(C)Cc1cc(C(C)(C)C)cc(C(C)(C)C)c1[O-])Cc1cc(C(C)(C)C)cc(C(C)(C)C)c1[O-].CN(CCN(C)Cc1cc(C(C)(C)C)cc(C(C)(C)C)c1[O-])Cc1cc(C(C)(C)C)cc(C(C)(C)C)c1[O-].[K+].[K+].[O-2].[O-2].[O-2].[O-2].[U].[U].c1ccncc1.c1ccncc1. The Hall–Kier alpha value is -0.563. The molecule has 0 atom stereocenters. The van der Waals surface area contributed by atoms with Gasteiger partial charge in [0, 0.05) is 139 Å².